The molecule has 1 heteroatoms. The van der Waals surface area contributed by atoms with Crippen LogP contribution in [0, 0.1) is 11.8 Å². The van der Waals surface area contributed by atoms with Gasteiger partial charge < -0.3 is 0 Å². The van der Waals surface area contributed by atoms with Gasteiger partial charge in [-0.1, -0.05) is 106 Å². The number of allylic oxidation sites excluding steroid dienone is 2. The Hall–Kier alpha value is -0.590. The molecule has 0 N–H and O–H groups in total. The fourth-order valence-corrected chi connectivity index (χ4v) is 2.33. The maximum Gasteiger partial charge on any atom is 0.155 e. The topological polar surface area (TPSA) is 17.1 Å². The van der Waals surface area contributed by atoms with Gasteiger partial charge in [-0.15, -0.1) is 0 Å². The minimum atomic E-state index is 0.238. The van der Waals surface area contributed by atoms with E-state index in [1.807, 2.05) is 26.8 Å². The monoisotopic (exact) mass is 326 g/mol. The molecular weight excluding hydrogens is 280 g/mol. The van der Waals surface area contributed by atoms with Gasteiger partial charge in [-0.2, -0.15) is 0 Å². The molecule has 0 aliphatic rings. The number of ketones is 1. The Morgan fingerprint density at radius 2 is 1.35 bits per heavy atom. The molecule has 0 aliphatic heterocycles. The van der Waals surface area contributed by atoms with E-state index in [0.29, 0.717) is 12.3 Å². The van der Waals surface area contributed by atoms with Crippen molar-refractivity contribution in [3.63, 3.8) is 0 Å². The summed E-state index contributed by atoms with van der Waals surface area (Å²) in [6, 6.07) is 0. The molecule has 23 heavy (non-hydrogen) atoms. The van der Waals surface area contributed by atoms with Crippen LogP contribution in [0.4, 0.5) is 0 Å². The first kappa shape index (κ1) is 27.3. The third kappa shape index (κ3) is 26.6. The Morgan fingerprint density at radius 3 is 1.74 bits per heavy atom. The predicted molar refractivity (Wildman–Crippen MR) is 108 cm³/mol. The van der Waals surface area contributed by atoms with E-state index in [9.17, 15) is 4.79 Å². The Bertz CT molecular complexity index is 236. The van der Waals surface area contributed by atoms with Crippen LogP contribution < -0.4 is 0 Å². The maximum atomic E-state index is 11.0. The zero-order valence-electron chi connectivity index (χ0n) is 17.6. The van der Waals surface area contributed by atoms with Gasteiger partial charge in [-0.3, -0.25) is 4.79 Å². The van der Waals surface area contributed by atoms with E-state index in [-0.39, 0.29) is 5.78 Å². The Labute approximate surface area is 148 Å². The van der Waals surface area contributed by atoms with E-state index in [4.69, 9.17) is 0 Å². The van der Waals surface area contributed by atoms with E-state index in [1.165, 1.54) is 51.4 Å². The predicted octanol–water partition coefficient (Wildman–Crippen LogP) is 7.99. The Morgan fingerprint density at radius 1 is 0.826 bits per heavy atom. The Kier molecular flexibility index (Phi) is 28.1. The molecule has 1 nitrogen and oxygen atoms in total. The van der Waals surface area contributed by atoms with Crippen LogP contribution in [0.25, 0.3) is 0 Å². The highest BCUT2D eigenvalue weighted by molar-refractivity contribution is 5.89. The summed E-state index contributed by atoms with van der Waals surface area (Å²) in [4.78, 5) is 11.0. The van der Waals surface area contributed by atoms with E-state index in [2.05, 4.69) is 34.6 Å². The van der Waals surface area contributed by atoms with E-state index < -0.39 is 0 Å². The van der Waals surface area contributed by atoms with Crippen LogP contribution in [0.5, 0.6) is 0 Å². The van der Waals surface area contributed by atoms with Gasteiger partial charge in [0.1, 0.15) is 0 Å². The summed E-state index contributed by atoms with van der Waals surface area (Å²) in [5, 5.41) is 0. The normalized spacial score (nSPS) is 11.5. The number of hydrogen-bond acceptors (Lipinski definition) is 1. The lowest BCUT2D eigenvalue weighted by Gasteiger charge is -2.05. The van der Waals surface area contributed by atoms with Crippen molar-refractivity contribution in [2.24, 2.45) is 11.8 Å². The van der Waals surface area contributed by atoms with E-state index >= 15 is 0 Å². The average Bonchev–Trinajstić information content (AvgIpc) is 2.56. The third-order valence-electron chi connectivity index (χ3n) is 3.79. The zero-order valence-corrected chi connectivity index (χ0v) is 17.6. The fourth-order valence-electron chi connectivity index (χ4n) is 2.33. The summed E-state index contributed by atoms with van der Waals surface area (Å²) in [7, 11) is 0. The molecular formula is C22H46O. The van der Waals surface area contributed by atoms with E-state index in [1.54, 1.807) is 6.08 Å². The number of carbonyl (C=O) groups is 1. The lowest BCUT2D eigenvalue weighted by atomic mass is 10.0. The molecule has 0 radical (unpaired) electrons. The van der Waals surface area contributed by atoms with Crippen molar-refractivity contribution in [3.05, 3.63) is 12.2 Å². The van der Waals surface area contributed by atoms with Crippen LogP contribution >= 0.6 is 0 Å². The second-order valence-electron chi connectivity index (χ2n) is 6.33. The number of hydrogen-bond donors (Lipinski definition) is 0. The van der Waals surface area contributed by atoms with Gasteiger partial charge in [0.15, 0.2) is 5.78 Å². The third-order valence-corrected chi connectivity index (χ3v) is 3.79. The van der Waals surface area contributed by atoms with Crippen LogP contribution in [-0.4, -0.2) is 5.78 Å². The molecule has 0 spiro atoms. The van der Waals surface area contributed by atoms with Crippen molar-refractivity contribution >= 4 is 5.78 Å². The summed E-state index contributed by atoms with van der Waals surface area (Å²) in [5.74, 6) is 1.76. The van der Waals surface area contributed by atoms with Crippen LogP contribution in [0.15, 0.2) is 12.2 Å². The molecule has 1 atom stereocenters. The lowest BCUT2D eigenvalue weighted by Crippen LogP contribution is -1.93. The minimum absolute atomic E-state index is 0.238. The second-order valence-corrected chi connectivity index (χ2v) is 6.33. The number of rotatable bonds is 11. The van der Waals surface area contributed by atoms with Crippen molar-refractivity contribution in [3.8, 4) is 0 Å². The summed E-state index contributed by atoms with van der Waals surface area (Å²) < 4.78 is 0. The minimum Gasteiger partial charge on any atom is -0.295 e. The van der Waals surface area contributed by atoms with Crippen LogP contribution in [0.3, 0.4) is 0 Å². The number of unbranched alkanes of at least 4 members (excludes halogenated alkanes) is 2. The van der Waals surface area contributed by atoms with Gasteiger partial charge in [0.05, 0.1) is 0 Å². The summed E-state index contributed by atoms with van der Waals surface area (Å²) in [6.07, 6.45) is 15.0. The standard InChI is InChI=1S/C12H22O.C8H18.C2H6/c1-4-6-7-8-11(3)9-10-12(13)5-2;1-4-6-8(3)7-5-2;1-2/h9-11H,4-8H2,1-3H3;8H,4-7H2,1-3H3;1-2H3/b10-9-;;. The molecule has 140 valence electrons. The molecule has 0 heterocycles. The molecule has 0 amide bonds. The molecule has 0 saturated heterocycles. The number of carbonyl (C=O) groups excluding carboxylic acids is 1. The maximum absolute atomic E-state index is 11.0. The molecule has 0 aliphatic carbocycles. The fraction of sp³-hybridized carbons (Fsp3) is 0.864. The molecule has 0 fully saturated rings. The van der Waals surface area contributed by atoms with Gasteiger partial charge in [0.25, 0.3) is 0 Å². The van der Waals surface area contributed by atoms with Crippen LogP contribution in [0.1, 0.15) is 113 Å². The molecule has 0 aromatic carbocycles. The highest BCUT2D eigenvalue weighted by Gasteiger charge is 1.97. The first-order valence-electron chi connectivity index (χ1n) is 10.2. The zero-order chi connectivity index (χ0) is 18.5. The van der Waals surface area contributed by atoms with Crippen molar-refractivity contribution in [1.29, 1.82) is 0 Å². The quantitative estimate of drug-likeness (QED) is 0.278. The van der Waals surface area contributed by atoms with Crippen molar-refractivity contribution in [2.45, 2.75) is 113 Å². The summed E-state index contributed by atoms with van der Waals surface area (Å²) in [6.45, 7) is 17.1. The van der Waals surface area contributed by atoms with Gasteiger partial charge in [-0.25, -0.2) is 0 Å². The van der Waals surface area contributed by atoms with Crippen LogP contribution in [-0.2, 0) is 4.79 Å². The molecule has 0 aromatic heterocycles. The SMILES string of the molecule is CC.CCCC(C)CCC.CCCCCC(C)/C=C\C(=O)CC. The summed E-state index contributed by atoms with van der Waals surface area (Å²) in [5.41, 5.74) is 0. The Balaban J connectivity index is -0.000000343. The average molecular weight is 327 g/mol. The van der Waals surface area contributed by atoms with Gasteiger partial charge in [0, 0.05) is 6.42 Å². The second kappa shape index (κ2) is 23.7. The molecule has 1 unspecified atom stereocenters. The van der Waals surface area contributed by atoms with Gasteiger partial charge in [0.2, 0.25) is 0 Å². The molecule has 0 bridgehead atoms. The first-order valence-corrected chi connectivity index (χ1v) is 10.2. The lowest BCUT2D eigenvalue weighted by molar-refractivity contribution is -0.114. The van der Waals surface area contributed by atoms with Gasteiger partial charge in [-0.05, 0) is 24.3 Å². The van der Waals surface area contributed by atoms with Crippen molar-refractivity contribution < 1.29 is 4.79 Å². The van der Waals surface area contributed by atoms with Crippen LogP contribution in [0.2, 0.25) is 0 Å². The smallest absolute Gasteiger partial charge is 0.155 e. The van der Waals surface area contributed by atoms with Crippen molar-refractivity contribution in [1.82, 2.24) is 0 Å². The highest BCUT2D eigenvalue weighted by atomic mass is 16.1. The highest BCUT2D eigenvalue weighted by Crippen LogP contribution is 2.11. The first-order chi connectivity index (χ1) is 11.0. The van der Waals surface area contributed by atoms with E-state index in [0.717, 1.165) is 5.92 Å². The molecule has 0 rings (SSSR count). The molecule has 0 saturated carbocycles. The van der Waals surface area contributed by atoms with Gasteiger partial charge >= 0.3 is 0 Å². The molecule has 0 aromatic rings. The van der Waals surface area contributed by atoms with Crippen molar-refractivity contribution in [2.75, 3.05) is 0 Å². The summed E-state index contributed by atoms with van der Waals surface area (Å²) >= 11 is 0. The largest absolute Gasteiger partial charge is 0.295 e.